The summed E-state index contributed by atoms with van der Waals surface area (Å²) in [6.07, 6.45) is 0.978. The first-order valence-corrected chi connectivity index (χ1v) is 7.80. The lowest BCUT2D eigenvalue weighted by Crippen LogP contribution is -2.15. The van der Waals surface area contributed by atoms with E-state index in [0.29, 0.717) is 23.7 Å². The third-order valence-electron chi connectivity index (χ3n) is 3.11. The smallest absolute Gasteiger partial charge is 0.338 e. The Morgan fingerprint density at radius 2 is 1.79 bits per heavy atom. The predicted molar refractivity (Wildman–Crippen MR) is 91.2 cm³/mol. The number of anilines is 2. The van der Waals surface area contributed by atoms with Gasteiger partial charge in [-0.15, -0.1) is 10.2 Å². The largest absolute Gasteiger partial charge is 0.462 e. The van der Waals surface area contributed by atoms with E-state index in [4.69, 9.17) is 4.74 Å². The van der Waals surface area contributed by atoms with Gasteiger partial charge in [0.1, 0.15) is 5.82 Å². The fourth-order valence-corrected chi connectivity index (χ4v) is 1.90. The van der Waals surface area contributed by atoms with Crippen LogP contribution in [0.1, 0.15) is 41.1 Å². The summed E-state index contributed by atoms with van der Waals surface area (Å²) in [7, 11) is 0. The van der Waals surface area contributed by atoms with Gasteiger partial charge in [-0.25, -0.2) is 4.79 Å². The molecule has 0 saturated heterocycles. The summed E-state index contributed by atoms with van der Waals surface area (Å²) < 4.78 is 4.91. The van der Waals surface area contributed by atoms with Gasteiger partial charge >= 0.3 is 5.97 Å². The minimum absolute atomic E-state index is 0.214. The molecule has 0 aliphatic heterocycles. The van der Waals surface area contributed by atoms with Crippen LogP contribution in [0.2, 0.25) is 0 Å². The van der Waals surface area contributed by atoms with Gasteiger partial charge in [0.25, 0.3) is 5.91 Å². The Bertz CT molecular complexity index is 684. The molecule has 7 nitrogen and oxygen atoms in total. The zero-order chi connectivity index (χ0) is 17.4. The minimum Gasteiger partial charge on any atom is -0.462 e. The third-order valence-corrected chi connectivity index (χ3v) is 3.11. The van der Waals surface area contributed by atoms with Crippen LogP contribution in [0.15, 0.2) is 36.4 Å². The molecule has 0 aliphatic carbocycles. The van der Waals surface area contributed by atoms with Gasteiger partial charge in [-0.2, -0.15) is 0 Å². The van der Waals surface area contributed by atoms with Gasteiger partial charge in [-0.05, 0) is 49.7 Å². The number of benzene rings is 1. The van der Waals surface area contributed by atoms with E-state index in [0.717, 1.165) is 13.0 Å². The normalized spacial score (nSPS) is 10.1. The molecular weight excluding hydrogens is 308 g/mol. The van der Waals surface area contributed by atoms with E-state index in [9.17, 15) is 9.59 Å². The van der Waals surface area contributed by atoms with E-state index < -0.39 is 5.97 Å². The average Bonchev–Trinajstić information content (AvgIpc) is 2.61. The van der Waals surface area contributed by atoms with Crippen LogP contribution in [-0.2, 0) is 4.74 Å². The molecule has 1 aromatic heterocycles. The number of rotatable bonds is 7. The van der Waals surface area contributed by atoms with E-state index in [2.05, 4.69) is 27.8 Å². The molecule has 2 N–H and O–H groups in total. The molecule has 0 spiro atoms. The highest BCUT2D eigenvalue weighted by atomic mass is 16.5. The third kappa shape index (κ3) is 4.77. The molecule has 24 heavy (non-hydrogen) atoms. The first-order valence-electron chi connectivity index (χ1n) is 7.80. The van der Waals surface area contributed by atoms with Gasteiger partial charge in [-0.1, -0.05) is 6.92 Å². The summed E-state index contributed by atoms with van der Waals surface area (Å²) in [5, 5.41) is 13.6. The molecule has 1 aromatic carbocycles. The van der Waals surface area contributed by atoms with Gasteiger partial charge in [0.2, 0.25) is 0 Å². The van der Waals surface area contributed by atoms with Crippen LogP contribution < -0.4 is 10.6 Å². The quantitative estimate of drug-likeness (QED) is 0.759. The highest BCUT2D eigenvalue weighted by Crippen LogP contribution is 2.12. The summed E-state index contributed by atoms with van der Waals surface area (Å²) in [4.78, 5) is 23.7. The second kappa shape index (κ2) is 8.61. The van der Waals surface area contributed by atoms with Crippen LogP contribution in [0.4, 0.5) is 11.5 Å². The number of hydrogen-bond acceptors (Lipinski definition) is 6. The molecule has 7 heteroatoms. The summed E-state index contributed by atoms with van der Waals surface area (Å²) >= 11 is 0. The Hall–Kier alpha value is -2.96. The van der Waals surface area contributed by atoms with E-state index in [1.54, 1.807) is 43.3 Å². The number of nitrogens with zero attached hydrogens (tertiary/aromatic N) is 2. The van der Waals surface area contributed by atoms with Gasteiger partial charge < -0.3 is 15.4 Å². The molecule has 1 amide bonds. The van der Waals surface area contributed by atoms with E-state index in [1.165, 1.54) is 0 Å². The lowest BCUT2D eigenvalue weighted by molar-refractivity contribution is 0.0526. The second-order valence-electron chi connectivity index (χ2n) is 4.98. The molecule has 0 bridgehead atoms. The van der Waals surface area contributed by atoms with Crippen LogP contribution in [0.5, 0.6) is 0 Å². The molecule has 2 rings (SSSR count). The number of carbonyl (C=O) groups excluding carboxylic acids is 2. The van der Waals surface area contributed by atoms with Crippen molar-refractivity contribution >= 4 is 23.4 Å². The lowest BCUT2D eigenvalue weighted by atomic mass is 10.2. The van der Waals surface area contributed by atoms with Crippen molar-refractivity contribution in [1.29, 1.82) is 0 Å². The van der Waals surface area contributed by atoms with Crippen LogP contribution in [0.25, 0.3) is 0 Å². The zero-order valence-corrected chi connectivity index (χ0v) is 13.7. The molecule has 0 fully saturated rings. The maximum Gasteiger partial charge on any atom is 0.338 e. The van der Waals surface area contributed by atoms with E-state index in [-0.39, 0.29) is 11.6 Å². The molecule has 126 valence electrons. The highest BCUT2D eigenvalue weighted by Gasteiger charge is 2.10. The fourth-order valence-electron chi connectivity index (χ4n) is 1.90. The Labute approximate surface area is 140 Å². The standard InChI is InChI=1S/C17H20N4O3/c1-3-11-18-15-10-9-14(20-21-15)16(22)19-13-7-5-12(6-8-13)17(23)24-4-2/h5-10H,3-4,11H2,1-2H3,(H,18,21)(H,19,22). The molecule has 0 atom stereocenters. The minimum atomic E-state index is -0.392. The summed E-state index contributed by atoms with van der Waals surface area (Å²) in [5.41, 5.74) is 1.20. The Morgan fingerprint density at radius 1 is 1.04 bits per heavy atom. The highest BCUT2D eigenvalue weighted by molar-refractivity contribution is 6.03. The van der Waals surface area contributed by atoms with Crippen molar-refractivity contribution in [2.45, 2.75) is 20.3 Å². The number of carbonyl (C=O) groups is 2. The van der Waals surface area contributed by atoms with Crippen molar-refractivity contribution in [2.75, 3.05) is 23.8 Å². The Morgan fingerprint density at radius 3 is 2.38 bits per heavy atom. The van der Waals surface area contributed by atoms with Crippen molar-refractivity contribution in [1.82, 2.24) is 10.2 Å². The SMILES string of the molecule is CCCNc1ccc(C(=O)Nc2ccc(C(=O)OCC)cc2)nn1. The fraction of sp³-hybridized carbons (Fsp3) is 0.294. The molecule has 0 unspecified atom stereocenters. The first-order chi connectivity index (χ1) is 11.6. The molecule has 0 saturated carbocycles. The van der Waals surface area contributed by atoms with Crippen LogP contribution in [-0.4, -0.2) is 35.2 Å². The van der Waals surface area contributed by atoms with Crippen molar-refractivity contribution in [2.24, 2.45) is 0 Å². The van der Waals surface area contributed by atoms with E-state index in [1.807, 2.05) is 0 Å². The molecule has 1 heterocycles. The number of amides is 1. The molecular formula is C17H20N4O3. The van der Waals surface area contributed by atoms with E-state index >= 15 is 0 Å². The van der Waals surface area contributed by atoms with Crippen LogP contribution in [0.3, 0.4) is 0 Å². The van der Waals surface area contributed by atoms with Gasteiger partial charge in [-0.3, -0.25) is 4.79 Å². The monoisotopic (exact) mass is 328 g/mol. The number of nitrogens with one attached hydrogen (secondary N) is 2. The number of hydrogen-bond donors (Lipinski definition) is 2. The maximum atomic E-state index is 12.1. The molecule has 2 aromatic rings. The van der Waals surface area contributed by atoms with Gasteiger partial charge in [0.15, 0.2) is 5.69 Å². The van der Waals surface area contributed by atoms with Crippen molar-refractivity contribution in [3.8, 4) is 0 Å². The zero-order valence-electron chi connectivity index (χ0n) is 13.7. The first kappa shape index (κ1) is 17.4. The predicted octanol–water partition coefficient (Wildman–Crippen LogP) is 2.73. The molecule has 0 radical (unpaired) electrons. The summed E-state index contributed by atoms with van der Waals surface area (Å²) in [6.45, 7) is 4.91. The second-order valence-corrected chi connectivity index (χ2v) is 4.98. The number of aromatic nitrogens is 2. The average molecular weight is 328 g/mol. The Balaban J connectivity index is 1.97. The summed E-state index contributed by atoms with van der Waals surface area (Å²) in [5.74, 6) is -0.128. The summed E-state index contributed by atoms with van der Waals surface area (Å²) in [6, 6.07) is 9.77. The number of ether oxygens (including phenoxy) is 1. The van der Waals surface area contributed by atoms with Crippen molar-refractivity contribution in [3.05, 3.63) is 47.7 Å². The Kier molecular flexibility index (Phi) is 6.24. The lowest BCUT2D eigenvalue weighted by Gasteiger charge is -2.07. The van der Waals surface area contributed by atoms with Crippen molar-refractivity contribution in [3.63, 3.8) is 0 Å². The van der Waals surface area contributed by atoms with Gasteiger partial charge in [0, 0.05) is 12.2 Å². The molecule has 0 aliphatic rings. The number of esters is 1. The van der Waals surface area contributed by atoms with Crippen LogP contribution in [0, 0.1) is 0 Å². The topological polar surface area (TPSA) is 93.2 Å². The van der Waals surface area contributed by atoms with Crippen molar-refractivity contribution < 1.29 is 14.3 Å². The van der Waals surface area contributed by atoms with Gasteiger partial charge in [0.05, 0.1) is 12.2 Å². The van der Waals surface area contributed by atoms with Crippen LogP contribution >= 0.6 is 0 Å². The maximum absolute atomic E-state index is 12.1.